The second-order valence-electron chi connectivity index (χ2n) is 4.85. The Labute approximate surface area is 123 Å². The van der Waals surface area contributed by atoms with E-state index in [0.717, 1.165) is 11.3 Å². The Bertz CT molecular complexity index is 641. The summed E-state index contributed by atoms with van der Waals surface area (Å²) in [4.78, 5) is 20.6. The Morgan fingerprint density at radius 3 is 2.65 bits per heavy atom. The maximum atomic E-state index is 12.3. The lowest BCUT2D eigenvalue weighted by atomic mass is 10.2. The van der Waals surface area contributed by atoms with Gasteiger partial charge in [0.05, 0.1) is 11.2 Å². The molecule has 2 rings (SSSR count). The summed E-state index contributed by atoms with van der Waals surface area (Å²) in [5.74, 6) is 0.412. The van der Waals surface area contributed by atoms with Gasteiger partial charge in [0.15, 0.2) is 5.69 Å². The van der Waals surface area contributed by atoms with E-state index in [2.05, 4.69) is 15.3 Å². The third kappa shape index (κ3) is 3.14. The number of carbonyl (C=O) groups excluding carboxylic acids is 1. The van der Waals surface area contributed by atoms with E-state index in [1.807, 2.05) is 45.0 Å². The summed E-state index contributed by atoms with van der Waals surface area (Å²) in [6, 6.07) is 7.55. The van der Waals surface area contributed by atoms with E-state index < -0.39 is 0 Å². The number of nitrogens with zero attached hydrogens (tertiary/aromatic N) is 2. The number of carbonyl (C=O) groups is 1. The molecule has 0 atom stereocenters. The van der Waals surface area contributed by atoms with Crippen LogP contribution in [-0.2, 0) is 0 Å². The predicted molar refractivity (Wildman–Crippen MR) is 80.3 cm³/mol. The fourth-order valence-electron chi connectivity index (χ4n) is 1.71. The second-order valence-corrected chi connectivity index (χ2v) is 5.26. The van der Waals surface area contributed by atoms with Crippen LogP contribution in [0.4, 0.5) is 5.69 Å². The van der Waals surface area contributed by atoms with E-state index in [0.29, 0.717) is 5.82 Å². The average molecular weight is 290 g/mol. The molecule has 1 aromatic carbocycles. The summed E-state index contributed by atoms with van der Waals surface area (Å²) in [6.07, 6.45) is 1.47. The number of hydrogen-bond acceptors (Lipinski definition) is 3. The van der Waals surface area contributed by atoms with Crippen LogP contribution in [0.3, 0.4) is 0 Å². The highest BCUT2D eigenvalue weighted by Crippen LogP contribution is 2.19. The van der Waals surface area contributed by atoms with Crippen molar-refractivity contribution in [2.45, 2.75) is 26.7 Å². The lowest BCUT2D eigenvalue weighted by Crippen LogP contribution is -2.16. The highest BCUT2D eigenvalue weighted by atomic mass is 35.5. The number of hydrogen-bond donors (Lipinski definition) is 1. The van der Waals surface area contributed by atoms with Gasteiger partial charge in [0, 0.05) is 11.6 Å². The molecule has 1 amide bonds. The van der Waals surface area contributed by atoms with Crippen molar-refractivity contribution >= 4 is 23.2 Å². The number of rotatable bonds is 3. The highest BCUT2D eigenvalue weighted by molar-refractivity contribution is 6.33. The number of aromatic nitrogens is 2. The van der Waals surface area contributed by atoms with Crippen molar-refractivity contribution in [3.05, 3.63) is 52.6 Å². The fraction of sp³-hybridized carbons (Fsp3) is 0.267. The topological polar surface area (TPSA) is 54.9 Å². The van der Waals surface area contributed by atoms with E-state index >= 15 is 0 Å². The van der Waals surface area contributed by atoms with Gasteiger partial charge in [-0.05, 0) is 18.6 Å². The van der Waals surface area contributed by atoms with E-state index in [-0.39, 0.29) is 22.5 Å². The number of halogens is 1. The lowest BCUT2D eigenvalue weighted by molar-refractivity contribution is 0.102. The normalized spacial score (nSPS) is 10.7. The van der Waals surface area contributed by atoms with E-state index in [1.54, 1.807) is 0 Å². The second kappa shape index (κ2) is 6.01. The summed E-state index contributed by atoms with van der Waals surface area (Å²) in [5, 5.41) is 3.07. The van der Waals surface area contributed by atoms with Crippen molar-refractivity contribution in [1.29, 1.82) is 0 Å². The smallest absolute Gasteiger partial charge is 0.275 e. The van der Waals surface area contributed by atoms with Gasteiger partial charge in [-0.3, -0.25) is 4.79 Å². The highest BCUT2D eigenvalue weighted by Gasteiger charge is 2.16. The van der Waals surface area contributed by atoms with Gasteiger partial charge in [-0.25, -0.2) is 9.97 Å². The molecule has 20 heavy (non-hydrogen) atoms. The van der Waals surface area contributed by atoms with E-state index in [4.69, 9.17) is 11.6 Å². The molecule has 1 heterocycles. The number of nitrogens with one attached hydrogen (secondary N) is 1. The SMILES string of the molecule is Cc1ccccc1NC(=O)c1nc(C(C)C)ncc1Cl. The van der Waals surface area contributed by atoms with Crippen LogP contribution >= 0.6 is 11.6 Å². The number of benzene rings is 1. The molecule has 0 aliphatic carbocycles. The molecule has 5 heteroatoms. The number of amides is 1. The molecule has 0 saturated heterocycles. The average Bonchev–Trinajstić information content (AvgIpc) is 2.41. The minimum atomic E-state index is -0.325. The molecule has 0 aliphatic heterocycles. The van der Waals surface area contributed by atoms with Crippen LogP contribution in [-0.4, -0.2) is 15.9 Å². The Kier molecular flexibility index (Phi) is 4.35. The molecule has 1 N–H and O–H groups in total. The molecule has 0 saturated carbocycles. The first kappa shape index (κ1) is 14.5. The third-order valence-electron chi connectivity index (χ3n) is 2.89. The summed E-state index contributed by atoms with van der Waals surface area (Å²) in [6.45, 7) is 5.86. The van der Waals surface area contributed by atoms with Gasteiger partial charge in [-0.15, -0.1) is 0 Å². The standard InChI is InChI=1S/C15H16ClN3O/c1-9(2)14-17-8-11(16)13(19-14)15(20)18-12-7-5-4-6-10(12)3/h4-9H,1-3H3,(H,18,20). The largest absolute Gasteiger partial charge is 0.320 e. The van der Waals surface area contributed by atoms with Gasteiger partial charge in [0.2, 0.25) is 0 Å². The van der Waals surface area contributed by atoms with Gasteiger partial charge in [0.1, 0.15) is 5.82 Å². The van der Waals surface area contributed by atoms with Crippen molar-refractivity contribution in [2.24, 2.45) is 0 Å². The van der Waals surface area contributed by atoms with Crippen LogP contribution in [0, 0.1) is 6.92 Å². The molecule has 4 nitrogen and oxygen atoms in total. The summed E-state index contributed by atoms with van der Waals surface area (Å²) in [7, 11) is 0. The quantitative estimate of drug-likeness (QED) is 0.934. The molecule has 0 spiro atoms. The Morgan fingerprint density at radius 1 is 1.30 bits per heavy atom. The maximum Gasteiger partial charge on any atom is 0.275 e. The van der Waals surface area contributed by atoms with Crippen molar-refractivity contribution in [2.75, 3.05) is 5.32 Å². The van der Waals surface area contributed by atoms with Gasteiger partial charge >= 0.3 is 0 Å². The molecular weight excluding hydrogens is 274 g/mol. The van der Waals surface area contributed by atoms with Crippen molar-refractivity contribution in [3.8, 4) is 0 Å². The van der Waals surface area contributed by atoms with Crippen LogP contribution < -0.4 is 5.32 Å². The number of aryl methyl sites for hydroxylation is 1. The lowest BCUT2D eigenvalue weighted by Gasteiger charge is -2.10. The monoisotopic (exact) mass is 289 g/mol. The molecule has 0 radical (unpaired) electrons. The van der Waals surface area contributed by atoms with Gasteiger partial charge in [-0.1, -0.05) is 43.6 Å². The van der Waals surface area contributed by atoms with Crippen molar-refractivity contribution in [1.82, 2.24) is 9.97 Å². The van der Waals surface area contributed by atoms with Crippen LogP contribution in [0.2, 0.25) is 5.02 Å². The molecule has 2 aromatic rings. The Morgan fingerprint density at radius 2 is 2.00 bits per heavy atom. The van der Waals surface area contributed by atoms with Gasteiger partial charge in [0.25, 0.3) is 5.91 Å². The summed E-state index contributed by atoms with van der Waals surface area (Å²) < 4.78 is 0. The Hall–Kier alpha value is -1.94. The Balaban J connectivity index is 2.30. The minimum absolute atomic E-state index is 0.136. The minimum Gasteiger partial charge on any atom is -0.320 e. The molecule has 0 aliphatic rings. The van der Waals surface area contributed by atoms with E-state index in [1.165, 1.54) is 6.20 Å². The van der Waals surface area contributed by atoms with Crippen LogP contribution in [0.1, 0.15) is 41.6 Å². The molecular formula is C15H16ClN3O. The molecule has 1 aromatic heterocycles. The molecule has 0 fully saturated rings. The molecule has 0 unspecified atom stereocenters. The van der Waals surface area contributed by atoms with Crippen LogP contribution in [0.15, 0.2) is 30.5 Å². The van der Waals surface area contributed by atoms with E-state index in [9.17, 15) is 4.79 Å². The number of anilines is 1. The van der Waals surface area contributed by atoms with Gasteiger partial charge < -0.3 is 5.32 Å². The zero-order chi connectivity index (χ0) is 14.7. The number of para-hydroxylation sites is 1. The van der Waals surface area contributed by atoms with Crippen LogP contribution in [0.5, 0.6) is 0 Å². The summed E-state index contributed by atoms with van der Waals surface area (Å²) >= 11 is 6.02. The maximum absolute atomic E-state index is 12.3. The first-order chi connectivity index (χ1) is 9.49. The zero-order valence-electron chi connectivity index (χ0n) is 11.6. The molecule has 104 valence electrons. The van der Waals surface area contributed by atoms with Crippen molar-refractivity contribution < 1.29 is 4.79 Å². The third-order valence-corrected chi connectivity index (χ3v) is 3.16. The van der Waals surface area contributed by atoms with Crippen molar-refractivity contribution in [3.63, 3.8) is 0 Å². The fourth-order valence-corrected chi connectivity index (χ4v) is 1.89. The molecule has 0 bridgehead atoms. The first-order valence-corrected chi connectivity index (χ1v) is 6.76. The van der Waals surface area contributed by atoms with Gasteiger partial charge in [-0.2, -0.15) is 0 Å². The van der Waals surface area contributed by atoms with Crippen LogP contribution in [0.25, 0.3) is 0 Å². The zero-order valence-corrected chi connectivity index (χ0v) is 12.4. The first-order valence-electron chi connectivity index (χ1n) is 6.38. The predicted octanol–water partition coefficient (Wildman–Crippen LogP) is 3.81. The summed E-state index contributed by atoms with van der Waals surface area (Å²) in [5.41, 5.74) is 1.93.